The summed E-state index contributed by atoms with van der Waals surface area (Å²) in [6.45, 7) is 4.67. The number of amides is 1. The minimum absolute atomic E-state index is 0.0475. The Bertz CT molecular complexity index is 1390. The van der Waals surface area contributed by atoms with Crippen LogP contribution < -0.4 is 14.4 Å². The Morgan fingerprint density at radius 3 is 2.73 bits per heavy atom. The zero-order chi connectivity index (χ0) is 26.9. The number of aliphatic hydroxyl groups excluding tert-OH is 1. The normalized spacial score (nSPS) is 18.9. The van der Waals surface area contributed by atoms with Crippen LogP contribution >= 0.6 is 0 Å². The highest BCUT2D eigenvalue weighted by molar-refractivity contribution is 7.90. The lowest BCUT2D eigenvalue weighted by atomic mass is 10.0. The summed E-state index contributed by atoms with van der Waals surface area (Å²) in [5.41, 5.74) is 1.49. The third-order valence-corrected chi connectivity index (χ3v) is 8.05. The van der Waals surface area contributed by atoms with E-state index in [9.17, 15) is 22.0 Å². The van der Waals surface area contributed by atoms with Crippen molar-refractivity contribution in [1.82, 2.24) is 14.3 Å². The summed E-state index contributed by atoms with van der Waals surface area (Å²) in [6.07, 6.45) is 1.87. The fraction of sp³-hybridized carbons (Fsp3) is 0.440. The number of ether oxygens (including phenoxy) is 1. The molecule has 3 aromatic rings. The van der Waals surface area contributed by atoms with Crippen molar-refractivity contribution >= 4 is 27.1 Å². The van der Waals surface area contributed by atoms with Crippen LogP contribution in [0.15, 0.2) is 42.7 Å². The summed E-state index contributed by atoms with van der Waals surface area (Å²) in [4.78, 5) is 14.5. The molecule has 0 spiro atoms. The number of carbonyl (C=O) groups excluding carboxylic acids is 1. The summed E-state index contributed by atoms with van der Waals surface area (Å²) in [6, 6.07) is 7.08. The second-order valence-corrected chi connectivity index (χ2v) is 11.7. The van der Waals surface area contributed by atoms with Crippen molar-refractivity contribution in [2.24, 2.45) is 0 Å². The number of nitrogens with one attached hydrogen (secondary N) is 1. The van der Waals surface area contributed by atoms with Gasteiger partial charge in [0.25, 0.3) is 5.91 Å². The molecule has 3 unspecified atom stereocenters. The van der Waals surface area contributed by atoms with E-state index < -0.39 is 39.2 Å². The van der Waals surface area contributed by atoms with Crippen molar-refractivity contribution in [3.05, 3.63) is 59.7 Å². The number of anilines is 1. The number of sulfonamides is 1. The number of carbonyl (C=O) groups is 1. The first-order valence-electron chi connectivity index (χ1n) is 12.0. The highest BCUT2D eigenvalue weighted by Gasteiger charge is 2.34. The summed E-state index contributed by atoms with van der Waals surface area (Å²) in [7, 11) is -3.85. The largest absolute Gasteiger partial charge is 0.491 e. The average Bonchev–Trinajstić information content (AvgIpc) is 3.41. The molecular weight excluding hydrogens is 506 g/mol. The maximum atomic E-state index is 14.7. The van der Waals surface area contributed by atoms with Crippen molar-refractivity contribution in [2.75, 3.05) is 18.1 Å². The van der Waals surface area contributed by atoms with Gasteiger partial charge in [0, 0.05) is 43.9 Å². The van der Waals surface area contributed by atoms with Gasteiger partial charge in [-0.15, -0.1) is 0 Å². The summed E-state index contributed by atoms with van der Waals surface area (Å²) < 4.78 is 62.8. The minimum Gasteiger partial charge on any atom is -0.491 e. The van der Waals surface area contributed by atoms with Crippen molar-refractivity contribution in [3.63, 3.8) is 0 Å². The van der Waals surface area contributed by atoms with E-state index in [0.29, 0.717) is 23.2 Å². The number of hydrogen-bond donors (Lipinski definition) is 2. The maximum absolute atomic E-state index is 14.7. The maximum Gasteiger partial charge on any atom is 0.268 e. The van der Waals surface area contributed by atoms with Crippen LogP contribution in [0.3, 0.4) is 0 Å². The van der Waals surface area contributed by atoms with E-state index in [1.165, 1.54) is 36.7 Å². The highest BCUT2D eigenvalue weighted by atomic mass is 32.2. The Labute approximate surface area is 214 Å². The highest BCUT2D eigenvalue weighted by Crippen LogP contribution is 2.39. The lowest BCUT2D eigenvalue weighted by molar-refractivity contribution is 0.0982. The fourth-order valence-corrected chi connectivity index (χ4v) is 4.93. The molecule has 0 bridgehead atoms. The predicted molar refractivity (Wildman–Crippen MR) is 135 cm³/mol. The van der Waals surface area contributed by atoms with Crippen LogP contribution in [-0.2, 0) is 10.0 Å². The van der Waals surface area contributed by atoms with E-state index in [2.05, 4.69) is 9.82 Å². The van der Waals surface area contributed by atoms with Crippen LogP contribution in [0.2, 0.25) is 0 Å². The zero-order valence-electron chi connectivity index (χ0n) is 20.8. The number of rotatable bonds is 9. The molecule has 1 fully saturated rings. The number of halogens is 2. The van der Waals surface area contributed by atoms with Gasteiger partial charge < -0.3 is 14.7 Å². The van der Waals surface area contributed by atoms with Crippen molar-refractivity contribution in [3.8, 4) is 5.75 Å². The van der Waals surface area contributed by atoms with Crippen molar-refractivity contribution in [2.45, 2.75) is 57.2 Å². The molecule has 200 valence electrons. The van der Waals surface area contributed by atoms with E-state index in [-0.39, 0.29) is 37.0 Å². The molecule has 1 aliphatic rings. The van der Waals surface area contributed by atoms with Crippen LogP contribution in [0.25, 0.3) is 5.52 Å². The number of nitrogens with zero attached hydrogens (tertiary/aromatic N) is 3. The Kier molecular flexibility index (Phi) is 7.69. The molecule has 3 heterocycles. The number of benzene rings is 1. The molecule has 0 saturated carbocycles. The minimum atomic E-state index is -3.85. The molecule has 9 nitrogen and oxygen atoms in total. The monoisotopic (exact) mass is 536 g/mol. The first-order valence-corrected chi connectivity index (χ1v) is 13.5. The molecule has 3 atom stereocenters. The van der Waals surface area contributed by atoms with Crippen LogP contribution in [0.4, 0.5) is 14.5 Å². The lowest BCUT2D eigenvalue weighted by Gasteiger charge is -2.27. The SMILES string of the molecule is CC(CCO)Oc1cc(F)cc(C2CC(F)CN2c2ccn3ncc(C(=O)NS(=O)(=O)C(C)C)c3c2)c1. The van der Waals surface area contributed by atoms with Gasteiger partial charge in [-0.2, -0.15) is 5.10 Å². The van der Waals surface area contributed by atoms with Crippen LogP contribution in [0.1, 0.15) is 55.6 Å². The van der Waals surface area contributed by atoms with Gasteiger partial charge in [-0.25, -0.2) is 26.4 Å². The number of pyridine rings is 1. The van der Waals surface area contributed by atoms with Crippen molar-refractivity contribution < 1.29 is 31.8 Å². The quantitative estimate of drug-likeness (QED) is 0.431. The van der Waals surface area contributed by atoms with Gasteiger partial charge >= 0.3 is 0 Å². The van der Waals surface area contributed by atoms with E-state index in [0.717, 1.165) is 0 Å². The number of aromatic nitrogens is 2. The van der Waals surface area contributed by atoms with Gasteiger partial charge in [-0.3, -0.25) is 4.79 Å². The Morgan fingerprint density at radius 1 is 1.27 bits per heavy atom. The Hall–Kier alpha value is -3.25. The number of aliphatic hydroxyl groups is 1. The molecule has 1 saturated heterocycles. The molecule has 1 aliphatic heterocycles. The fourth-order valence-electron chi connectivity index (χ4n) is 4.33. The van der Waals surface area contributed by atoms with Crippen LogP contribution in [0.5, 0.6) is 5.75 Å². The van der Waals surface area contributed by atoms with Gasteiger partial charge in [-0.05, 0) is 50.6 Å². The zero-order valence-corrected chi connectivity index (χ0v) is 21.6. The van der Waals surface area contributed by atoms with Crippen molar-refractivity contribution in [1.29, 1.82) is 0 Å². The molecule has 37 heavy (non-hydrogen) atoms. The molecule has 1 aromatic carbocycles. The summed E-state index contributed by atoms with van der Waals surface area (Å²) >= 11 is 0. The third kappa shape index (κ3) is 5.85. The summed E-state index contributed by atoms with van der Waals surface area (Å²) in [5.74, 6) is -1.05. The van der Waals surface area contributed by atoms with Gasteiger partial charge in [0.2, 0.25) is 10.0 Å². The van der Waals surface area contributed by atoms with Gasteiger partial charge in [0.05, 0.1) is 34.7 Å². The molecular formula is C25H30F2N4O5S. The first-order chi connectivity index (χ1) is 17.5. The van der Waals surface area contributed by atoms with Crippen LogP contribution in [-0.4, -0.2) is 59.7 Å². The Balaban J connectivity index is 1.67. The number of alkyl halides is 1. The molecule has 12 heteroatoms. The van der Waals surface area contributed by atoms with E-state index in [1.54, 1.807) is 36.2 Å². The molecule has 1 amide bonds. The third-order valence-electron chi connectivity index (χ3n) is 6.34. The molecule has 2 N–H and O–H groups in total. The van der Waals surface area contributed by atoms with Gasteiger partial charge in [0.15, 0.2) is 0 Å². The van der Waals surface area contributed by atoms with Crippen LogP contribution in [0, 0.1) is 5.82 Å². The predicted octanol–water partition coefficient (Wildman–Crippen LogP) is 3.38. The van der Waals surface area contributed by atoms with E-state index >= 15 is 0 Å². The lowest BCUT2D eigenvalue weighted by Crippen LogP contribution is -2.35. The summed E-state index contributed by atoms with van der Waals surface area (Å²) in [5, 5.41) is 12.4. The van der Waals surface area contributed by atoms with Gasteiger partial charge in [0.1, 0.15) is 17.7 Å². The standard InChI is InChI=1S/C25H30F2N4O5S/c1-15(2)37(34,35)29-25(33)22-13-28-31-6-4-20(12-24(22)31)30-14-19(27)11-23(30)17-8-18(26)10-21(9-17)36-16(3)5-7-32/h4,6,8-10,12-13,15-16,19,23,32H,5,7,11,14H2,1-3H3,(H,29,33). The van der Waals surface area contributed by atoms with E-state index in [4.69, 9.17) is 9.84 Å². The second-order valence-electron chi connectivity index (χ2n) is 9.46. The molecule has 4 rings (SSSR count). The first kappa shape index (κ1) is 26.8. The smallest absolute Gasteiger partial charge is 0.268 e. The number of fused-ring (bicyclic) bond motifs is 1. The molecule has 2 aromatic heterocycles. The Morgan fingerprint density at radius 2 is 2.03 bits per heavy atom. The number of hydrogen-bond acceptors (Lipinski definition) is 7. The average molecular weight is 537 g/mol. The molecule has 0 radical (unpaired) electrons. The van der Waals surface area contributed by atoms with Gasteiger partial charge in [-0.1, -0.05) is 0 Å². The topological polar surface area (TPSA) is 113 Å². The van der Waals surface area contributed by atoms with E-state index in [1.807, 2.05) is 0 Å². The second kappa shape index (κ2) is 10.6. The molecule has 0 aliphatic carbocycles.